The maximum absolute atomic E-state index is 12.7. The van der Waals surface area contributed by atoms with Crippen LogP contribution in [0.3, 0.4) is 0 Å². The van der Waals surface area contributed by atoms with E-state index in [1.165, 1.54) is 45.2 Å². The maximum atomic E-state index is 12.7. The number of nitrogens with zero attached hydrogens (tertiary/aromatic N) is 2. The molecule has 3 rings (SSSR count). The number of rotatable bonds is 6. The molecule has 2 heterocycles. The molecule has 4 nitrogen and oxygen atoms in total. The maximum Gasteiger partial charge on any atom is 0.260 e. The molecule has 1 amide bonds. The Kier molecular flexibility index (Phi) is 9.27. The Hall–Kier alpha value is -1.26. The smallest absolute Gasteiger partial charge is 0.260 e. The lowest BCUT2D eigenvalue weighted by atomic mass is 9.99. The van der Waals surface area contributed by atoms with Crippen LogP contribution in [0.4, 0.5) is 0 Å². The van der Waals surface area contributed by atoms with Crippen LogP contribution in [-0.2, 0) is 4.79 Å². The lowest BCUT2D eigenvalue weighted by Gasteiger charge is -2.37. The summed E-state index contributed by atoms with van der Waals surface area (Å²) in [6.45, 7) is 4.65. The molecule has 0 N–H and O–H groups in total. The van der Waals surface area contributed by atoms with Gasteiger partial charge in [0.05, 0.1) is 0 Å². The van der Waals surface area contributed by atoms with Crippen molar-refractivity contribution in [2.24, 2.45) is 0 Å². The molecule has 0 bridgehead atoms. The molecule has 1 atom stereocenters. The summed E-state index contributed by atoms with van der Waals surface area (Å²) in [7, 11) is 0. The van der Waals surface area contributed by atoms with Gasteiger partial charge in [0.25, 0.3) is 5.91 Å². The van der Waals surface area contributed by atoms with E-state index in [1.807, 2.05) is 30.3 Å². The van der Waals surface area contributed by atoms with Crippen molar-refractivity contribution in [2.45, 2.75) is 57.4 Å². The van der Waals surface area contributed by atoms with Gasteiger partial charge in [-0.15, -0.1) is 12.4 Å². The van der Waals surface area contributed by atoms with E-state index < -0.39 is 0 Å². The lowest BCUT2D eigenvalue weighted by molar-refractivity contribution is -0.137. The Morgan fingerprint density at radius 3 is 2.38 bits per heavy atom. The van der Waals surface area contributed by atoms with Crippen molar-refractivity contribution in [3.05, 3.63) is 30.3 Å². The highest BCUT2D eigenvalue weighted by molar-refractivity contribution is 5.85. The van der Waals surface area contributed by atoms with Crippen molar-refractivity contribution in [3.8, 4) is 5.75 Å². The Bertz CT molecular complexity index is 518. The normalized spacial score (nSPS) is 21.5. The number of halogens is 1. The van der Waals surface area contributed by atoms with Crippen LogP contribution in [0.25, 0.3) is 0 Å². The van der Waals surface area contributed by atoms with E-state index in [0.29, 0.717) is 6.04 Å². The number of carbonyl (C=O) groups is 1. The fourth-order valence-corrected chi connectivity index (χ4v) is 4.07. The molecule has 0 aliphatic carbocycles. The van der Waals surface area contributed by atoms with Gasteiger partial charge < -0.3 is 14.5 Å². The number of piperidine rings is 1. The highest BCUT2D eigenvalue weighted by Gasteiger charge is 2.27. The molecule has 0 aromatic heterocycles. The molecule has 1 aromatic rings. The standard InChI is InChI=1S/C21H32N2O2.ClH/c24-21(18-25-20-11-4-3-5-12-20)23-16-9-6-10-19(23)13-17-22-14-7-1-2-8-15-22;/h3-5,11-12,19H,1-2,6-10,13-18H2;1H. The number of para-hydroxylation sites is 1. The van der Waals surface area contributed by atoms with Crippen LogP contribution in [0, 0.1) is 0 Å². The van der Waals surface area contributed by atoms with Crippen LogP contribution < -0.4 is 4.74 Å². The summed E-state index contributed by atoms with van der Waals surface area (Å²) in [5, 5.41) is 0. The second-order valence-electron chi connectivity index (χ2n) is 7.38. The van der Waals surface area contributed by atoms with Gasteiger partial charge in [-0.2, -0.15) is 0 Å². The third-order valence-corrected chi connectivity index (χ3v) is 5.53. The molecular formula is C21H33ClN2O2. The first kappa shape index (κ1) is 21.0. The van der Waals surface area contributed by atoms with E-state index in [1.54, 1.807) is 0 Å². The molecule has 146 valence electrons. The Labute approximate surface area is 164 Å². The zero-order chi connectivity index (χ0) is 17.3. The monoisotopic (exact) mass is 380 g/mol. The molecule has 26 heavy (non-hydrogen) atoms. The Morgan fingerprint density at radius 1 is 0.962 bits per heavy atom. The predicted octanol–water partition coefficient (Wildman–Crippen LogP) is 4.13. The largest absolute Gasteiger partial charge is 0.484 e. The highest BCUT2D eigenvalue weighted by Crippen LogP contribution is 2.21. The average Bonchev–Trinajstić information content (AvgIpc) is 2.94. The van der Waals surface area contributed by atoms with Gasteiger partial charge in [0.2, 0.25) is 0 Å². The van der Waals surface area contributed by atoms with E-state index in [4.69, 9.17) is 4.74 Å². The van der Waals surface area contributed by atoms with Gasteiger partial charge in [-0.1, -0.05) is 31.0 Å². The van der Waals surface area contributed by atoms with Crippen LogP contribution in [0.5, 0.6) is 5.75 Å². The highest BCUT2D eigenvalue weighted by atomic mass is 35.5. The molecule has 0 spiro atoms. The summed E-state index contributed by atoms with van der Waals surface area (Å²) in [5.41, 5.74) is 0. The van der Waals surface area contributed by atoms with E-state index in [-0.39, 0.29) is 24.9 Å². The molecular weight excluding hydrogens is 348 g/mol. The van der Waals surface area contributed by atoms with Crippen molar-refractivity contribution in [3.63, 3.8) is 0 Å². The first-order valence-electron chi connectivity index (χ1n) is 10.0. The van der Waals surface area contributed by atoms with Crippen LogP contribution >= 0.6 is 12.4 Å². The molecule has 0 radical (unpaired) electrons. The predicted molar refractivity (Wildman–Crippen MR) is 108 cm³/mol. The van der Waals surface area contributed by atoms with E-state index >= 15 is 0 Å². The first-order valence-corrected chi connectivity index (χ1v) is 10.0. The topological polar surface area (TPSA) is 32.8 Å². The minimum Gasteiger partial charge on any atom is -0.484 e. The van der Waals surface area contributed by atoms with E-state index in [2.05, 4.69) is 9.80 Å². The van der Waals surface area contributed by atoms with Gasteiger partial charge in [0.1, 0.15) is 5.75 Å². The fourth-order valence-electron chi connectivity index (χ4n) is 4.07. The third kappa shape index (κ3) is 6.48. The minimum absolute atomic E-state index is 0. The van der Waals surface area contributed by atoms with Gasteiger partial charge in [0.15, 0.2) is 6.61 Å². The average molecular weight is 381 g/mol. The molecule has 1 aromatic carbocycles. The van der Waals surface area contributed by atoms with Crippen molar-refractivity contribution < 1.29 is 9.53 Å². The molecule has 2 fully saturated rings. The summed E-state index contributed by atoms with van der Waals surface area (Å²) in [6.07, 6.45) is 10.0. The summed E-state index contributed by atoms with van der Waals surface area (Å²) >= 11 is 0. The quantitative estimate of drug-likeness (QED) is 0.743. The number of hydrogen-bond acceptors (Lipinski definition) is 3. The van der Waals surface area contributed by atoms with Crippen LogP contribution in [0.1, 0.15) is 51.4 Å². The fraction of sp³-hybridized carbons (Fsp3) is 0.667. The van der Waals surface area contributed by atoms with Gasteiger partial charge in [-0.3, -0.25) is 4.79 Å². The summed E-state index contributed by atoms with van der Waals surface area (Å²) in [5.74, 6) is 0.915. The number of benzene rings is 1. The van der Waals surface area contributed by atoms with Gasteiger partial charge in [-0.05, 0) is 63.7 Å². The summed E-state index contributed by atoms with van der Waals surface area (Å²) < 4.78 is 5.68. The van der Waals surface area contributed by atoms with E-state index in [0.717, 1.165) is 38.1 Å². The first-order chi connectivity index (χ1) is 12.3. The zero-order valence-electron chi connectivity index (χ0n) is 15.8. The van der Waals surface area contributed by atoms with Crippen molar-refractivity contribution in [1.29, 1.82) is 0 Å². The Morgan fingerprint density at radius 2 is 1.65 bits per heavy atom. The number of hydrogen-bond donors (Lipinski definition) is 0. The molecule has 5 heteroatoms. The summed E-state index contributed by atoms with van der Waals surface area (Å²) in [4.78, 5) is 17.4. The molecule has 2 aliphatic rings. The lowest BCUT2D eigenvalue weighted by Crippen LogP contribution is -2.47. The number of ether oxygens (including phenoxy) is 1. The molecule has 0 saturated carbocycles. The van der Waals surface area contributed by atoms with E-state index in [9.17, 15) is 4.79 Å². The van der Waals surface area contributed by atoms with Gasteiger partial charge in [0, 0.05) is 19.1 Å². The van der Waals surface area contributed by atoms with Crippen LogP contribution in [-0.4, -0.2) is 54.5 Å². The van der Waals surface area contributed by atoms with Crippen molar-refractivity contribution in [1.82, 2.24) is 9.80 Å². The second kappa shape index (κ2) is 11.5. The van der Waals surface area contributed by atoms with Gasteiger partial charge in [-0.25, -0.2) is 0 Å². The van der Waals surface area contributed by atoms with Crippen molar-refractivity contribution >= 4 is 18.3 Å². The van der Waals surface area contributed by atoms with Crippen LogP contribution in [0.15, 0.2) is 30.3 Å². The van der Waals surface area contributed by atoms with Crippen LogP contribution in [0.2, 0.25) is 0 Å². The SMILES string of the molecule is Cl.O=C(COc1ccccc1)N1CCCCC1CCN1CCCCCC1. The second-order valence-corrected chi connectivity index (χ2v) is 7.38. The molecule has 1 unspecified atom stereocenters. The third-order valence-electron chi connectivity index (χ3n) is 5.53. The number of amides is 1. The number of likely N-dealkylation sites (tertiary alicyclic amines) is 2. The molecule has 2 aliphatic heterocycles. The van der Waals surface area contributed by atoms with Gasteiger partial charge >= 0.3 is 0 Å². The molecule has 2 saturated heterocycles. The Balaban J connectivity index is 0.00000243. The van der Waals surface area contributed by atoms with Crippen molar-refractivity contribution in [2.75, 3.05) is 32.8 Å². The summed E-state index contributed by atoms with van der Waals surface area (Å²) in [6, 6.07) is 10.0. The zero-order valence-corrected chi connectivity index (χ0v) is 16.6. The number of carbonyl (C=O) groups excluding carboxylic acids is 1. The minimum atomic E-state index is 0.